The zero-order chi connectivity index (χ0) is 35.0. The number of allylic oxidation sites excluding steroid dienone is 1. The fraction of sp³-hybridized carbons (Fsp3) is 0.559. The van der Waals surface area contributed by atoms with E-state index < -0.39 is 74.3 Å². The summed E-state index contributed by atoms with van der Waals surface area (Å²) < 4.78 is 45.2. The number of aromatic nitrogens is 1. The minimum atomic E-state index is -3.89. The SMILES string of the molecule is CC(C)(C)OC(=O)N[C@H]1COCCC/C=C\[C@@H]2C[C@@]2(C(=O)NS(=O)(=O)C2CC2)NC(=O)[C@@H]2CC(Oc3nccc4ccccc34)CN2C1=O. The summed E-state index contributed by atoms with van der Waals surface area (Å²) >= 11 is 0. The van der Waals surface area contributed by atoms with Crippen molar-refractivity contribution in [3.05, 3.63) is 48.7 Å². The second-order valence-corrected chi connectivity index (χ2v) is 16.1. The van der Waals surface area contributed by atoms with Crippen LogP contribution in [0.25, 0.3) is 10.8 Å². The highest BCUT2D eigenvalue weighted by molar-refractivity contribution is 7.91. The zero-order valence-electron chi connectivity index (χ0n) is 27.8. The van der Waals surface area contributed by atoms with Gasteiger partial charge in [-0.1, -0.05) is 30.4 Å². The molecule has 2 saturated carbocycles. The smallest absolute Gasteiger partial charge is 0.408 e. The number of amides is 4. The highest BCUT2D eigenvalue weighted by Gasteiger charge is 2.62. The van der Waals surface area contributed by atoms with Gasteiger partial charge in [-0.2, -0.15) is 0 Å². The van der Waals surface area contributed by atoms with Crippen LogP contribution in [0.3, 0.4) is 0 Å². The molecule has 0 radical (unpaired) electrons. The van der Waals surface area contributed by atoms with Crippen LogP contribution in [-0.4, -0.2) is 96.5 Å². The Morgan fingerprint density at radius 1 is 1.14 bits per heavy atom. The van der Waals surface area contributed by atoms with Gasteiger partial charge in [-0.15, -0.1) is 0 Å². The van der Waals surface area contributed by atoms with Crippen LogP contribution < -0.4 is 20.1 Å². The van der Waals surface area contributed by atoms with Crippen molar-refractivity contribution in [1.82, 2.24) is 25.2 Å². The van der Waals surface area contributed by atoms with Gasteiger partial charge in [-0.3, -0.25) is 19.1 Å². The molecule has 2 aliphatic heterocycles. The second-order valence-electron chi connectivity index (χ2n) is 14.1. The van der Waals surface area contributed by atoms with E-state index in [9.17, 15) is 27.6 Å². The molecule has 1 unspecified atom stereocenters. The van der Waals surface area contributed by atoms with Crippen molar-refractivity contribution >= 4 is 44.6 Å². The molecule has 3 heterocycles. The fourth-order valence-corrected chi connectivity index (χ4v) is 7.64. The summed E-state index contributed by atoms with van der Waals surface area (Å²) in [6.07, 6.45) is 6.13. The third-order valence-corrected chi connectivity index (χ3v) is 10.8. The molecule has 1 saturated heterocycles. The molecule has 2 aliphatic carbocycles. The lowest BCUT2D eigenvalue weighted by molar-refractivity contribution is -0.142. The Morgan fingerprint density at radius 3 is 2.67 bits per heavy atom. The van der Waals surface area contributed by atoms with Crippen molar-refractivity contribution in [3.63, 3.8) is 0 Å². The van der Waals surface area contributed by atoms with Crippen molar-refractivity contribution in [2.45, 2.75) is 93.9 Å². The zero-order valence-corrected chi connectivity index (χ0v) is 28.7. The first-order valence-corrected chi connectivity index (χ1v) is 18.2. The molecule has 264 valence electrons. The van der Waals surface area contributed by atoms with Crippen LogP contribution in [0.4, 0.5) is 4.79 Å². The first-order chi connectivity index (χ1) is 23.3. The van der Waals surface area contributed by atoms with E-state index in [1.165, 1.54) is 4.90 Å². The number of hydrogen-bond donors (Lipinski definition) is 3. The lowest BCUT2D eigenvalue weighted by Crippen LogP contribution is -2.59. The Balaban J connectivity index is 1.30. The van der Waals surface area contributed by atoms with E-state index in [4.69, 9.17) is 14.2 Å². The Hall–Kier alpha value is -4.24. The number of carbonyl (C=O) groups excluding carboxylic acids is 4. The highest BCUT2D eigenvalue weighted by atomic mass is 32.2. The van der Waals surface area contributed by atoms with Crippen LogP contribution in [0.15, 0.2) is 48.7 Å². The number of nitrogens with zero attached hydrogens (tertiary/aromatic N) is 2. The van der Waals surface area contributed by atoms with Gasteiger partial charge < -0.3 is 29.7 Å². The van der Waals surface area contributed by atoms with Gasteiger partial charge in [0.05, 0.1) is 18.4 Å². The molecule has 14 nitrogen and oxygen atoms in total. The number of hydrogen-bond acceptors (Lipinski definition) is 10. The first-order valence-electron chi connectivity index (χ1n) is 16.7. The van der Waals surface area contributed by atoms with E-state index >= 15 is 0 Å². The Bertz CT molecular complexity index is 1750. The number of benzene rings is 1. The third-order valence-electron chi connectivity index (χ3n) is 9.03. The summed E-state index contributed by atoms with van der Waals surface area (Å²) in [5, 5.41) is 6.47. The van der Waals surface area contributed by atoms with Crippen molar-refractivity contribution in [2.24, 2.45) is 5.92 Å². The number of pyridine rings is 1. The molecular formula is C34H43N5O9S. The van der Waals surface area contributed by atoms with Gasteiger partial charge in [0.2, 0.25) is 27.7 Å². The molecule has 6 rings (SSSR count). The number of sulfonamides is 1. The lowest BCUT2D eigenvalue weighted by Gasteiger charge is -2.30. The second kappa shape index (κ2) is 13.6. The van der Waals surface area contributed by atoms with Gasteiger partial charge in [0.1, 0.15) is 29.3 Å². The topological polar surface area (TPSA) is 182 Å². The van der Waals surface area contributed by atoms with Crippen molar-refractivity contribution < 1.29 is 41.8 Å². The summed E-state index contributed by atoms with van der Waals surface area (Å²) in [6.45, 7) is 5.17. The number of fused-ring (bicyclic) bond motifs is 3. The summed E-state index contributed by atoms with van der Waals surface area (Å²) in [4.78, 5) is 60.6. The van der Waals surface area contributed by atoms with Gasteiger partial charge in [0, 0.05) is 30.5 Å². The Morgan fingerprint density at radius 2 is 1.92 bits per heavy atom. The van der Waals surface area contributed by atoms with Crippen LogP contribution in [0, 0.1) is 5.92 Å². The quantitative estimate of drug-likeness (QED) is 0.379. The van der Waals surface area contributed by atoms with E-state index in [0.717, 1.165) is 10.8 Å². The van der Waals surface area contributed by atoms with E-state index in [1.54, 1.807) is 27.0 Å². The molecule has 1 aromatic carbocycles. The molecule has 1 aromatic heterocycles. The largest absolute Gasteiger partial charge is 0.472 e. The van der Waals surface area contributed by atoms with Gasteiger partial charge >= 0.3 is 6.09 Å². The summed E-state index contributed by atoms with van der Waals surface area (Å²) in [7, 11) is -3.89. The summed E-state index contributed by atoms with van der Waals surface area (Å²) in [5.41, 5.74) is -2.34. The monoisotopic (exact) mass is 697 g/mol. The van der Waals surface area contributed by atoms with Crippen molar-refractivity contribution in [1.29, 1.82) is 0 Å². The molecule has 2 aromatic rings. The van der Waals surface area contributed by atoms with E-state index in [-0.39, 0.29) is 32.6 Å². The maximum absolute atomic E-state index is 14.3. The standard InChI is InChI=1S/C34H43N5O9S/c1-33(2,3)48-32(43)36-26-20-46-16-8-4-5-10-22-18-34(22,31(42)38-49(44,45)24-12-13-24)37-28(40)27-17-23(19-39(27)30(26)41)47-29-25-11-7-6-9-21(25)14-15-35-29/h5-7,9-11,14-15,22-24,26-27H,4,8,12-13,16-20H2,1-3H3,(H,36,43)(H,37,40)(H,38,42)/b10-5-/t22-,23?,26+,27+,34-/m1/s1. The van der Waals surface area contributed by atoms with E-state index in [2.05, 4.69) is 20.3 Å². The number of carbonyl (C=O) groups is 4. The molecule has 49 heavy (non-hydrogen) atoms. The van der Waals surface area contributed by atoms with Gasteiger partial charge in [0.15, 0.2) is 0 Å². The van der Waals surface area contributed by atoms with Crippen LogP contribution in [0.2, 0.25) is 0 Å². The van der Waals surface area contributed by atoms with E-state index in [0.29, 0.717) is 31.6 Å². The van der Waals surface area contributed by atoms with Crippen LogP contribution in [-0.2, 0) is 33.9 Å². The van der Waals surface area contributed by atoms with E-state index in [1.807, 2.05) is 42.5 Å². The predicted octanol–water partition coefficient (Wildman–Crippen LogP) is 2.33. The molecule has 4 amide bonds. The molecular weight excluding hydrogens is 654 g/mol. The number of rotatable bonds is 6. The minimum absolute atomic E-state index is 0.0348. The maximum Gasteiger partial charge on any atom is 0.408 e. The molecule has 0 bridgehead atoms. The summed E-state index contributed by atoms with van der Waals surface area (Å²) in [5.74, 6) is -2.16. The minimum Gasteiger partial charge on any atom is -0.472 e. The third kappa shape index (κ3) is 7.99. The lowest BCUT2D eigenvalue weighted by atomic mass is 10.1. The molecule has 3 N–H and O–H groups in total. The van der Waals surface area contributed by atoms with Gasteiger partial charge in [-0.25, -0.2) is 18.2 Å². The average molecular weight is 698 g/mol. The normalized spacial score (nSPS) is 28.6. The average Bonchev–Trinajstić information content (AvgIpc) is 3.96. The van der Waals surface area contributed by atoms with Crippen molar-refractivity contribution in [3.8, 4) is 5.88 Å². The van der Waals surface area contributed by atoms with Crippen LogP contribution in [0.5, 0.6) is 5.88 Å². The van der Waals surface area contributed by atoms with Gasteiger partial charge in [0.25, 0.3) is 5.91 Å². The predicted molar refractivity (Wildman–Crippen MR) is 178 cm³/mol. The Kier molecular flexibility index (Phi) is 9.59. The van der Waals surface area contributed by atoms with Gasteiger partial charge in [-0.05, 0) is 70.4 Å². The Labute approximate surface area is 285 Å². The number of alkyl carbamates (subject to hydrolysis) is 1. The molecule has 15 heteroatoms. The molecule has 4 aliphatic rings. The van der Waals surface area contributed by atoms with Crippen molar-refractivity contribution in [2.75, 3.05) is 19.8 Å². The number of nitrogens with one attached hydrogen (secondary N) is 3. The molecule has 5 atom stereocenters. The summed E-state index contributed by atoms with van der Waals surface area (Å²) in [6, 6.07) is 7.04. The first kappa shape index (κ1) is 34.6. The molecule has 0 spiro atoms. The van der Waals surface area contributed by atoms with Crippen LogP contribution >= 0.6 is 0 Å². The fourth-order valence-electron chi connectivity index (χ4n) is 6.28. The van der Waals surface area contributed by atoms with Crippen LogP contribution in [0.1, 0.15) is 59.3 Å². The maximum atomic E-state index is 14.3. The highest BCUT2D eigenvalue weighted by Crippen LogP contribution is 2.46. The number of ether oxygens (including phenoxy) is 3. The molecule has 3 fully saturated rings.